The second kappa shape index (κ2) is 8.86. The highest BCUT2D eigenvalue weighted by Gasteiger charge is 2.21. The SMILES string of the molecule is COC(=O)c1cc([N+](=O)[O-])c(=O)n(Cc2nc(N)nc(Nc3ccccc3OC)n2)c1. The van der Waals surface area contributed by atoms with Crippen LogP contribution in [0.4, 0.5) is 23.3 Å². The predicted molar refractivity (Wildman–Crippen MR) is 108 cm³/mol. The number of anilines is 3. The monoisotopic (exact) mass is 427 g/mol. The van der Waals surface area contributed by atoms with Crippen molar-refractivity contribution in [3.05, 3.63) is 68.4 Å². The number of benzene rings is 1. The second-order valence-corrected chi connectivity index (χ2v) is 6.05. The summed E-state index contributed by atoms with van der Waals surface area (Å²) < 4.78 is 10.8. The molecule has 0 atom stereocenters. The standard InChI is InChI=1S/C18H17N7O6/c1-30-13-6-4-3-5-11(13)20-18-22-14(21-17(19)23-18)9-24-8-10(16(27)31-2)7-12(15(24)26)25(28)29/h3-8H,9H2,1-2H3,(H3,19,20,21,22,23). The van der Waals surface area contributed by atoms with Crippen LogP contribution in [0.15, 0.2) is 41.3 Å². The summed E-state index contributed by atoms with van der Waals surface area (Å²) in [5.41, 5.74) is 4.39. The number of hydrogen-bond donors (Lipinski definition) is 2. The average molecular weight is 427 g/mol. The molecule has 0 aliphatic carbocycles. The number of ether oxygens (including phenoxy) is 2. The summed E-state index contributed by atoms with van der Waals surface area (Å²) in [6.45, 7) is -0.308. The average Bonchev–Trinajstić information content (AvgIpc) is 2.74. The Morgan fingerprint density at radius 1 is 1.26 bits per heavy atom. The van der Waals surface area contributed by atoms with E-state index in [-0.39, 0.29) is 29.8 Å². The van der Waals surface area contributed by atoms with Crippen molar-refractivity contribution in [1.82, 2.24) is 19.5 Å². The zero-order valence-corrected chi connectivity index (χ0v) is 16.4. The fourth-order valence-corrected chi connectivity index (χ4v) is 2.68. The molecule has 3 aromatic rings. The summed E-state index contributed by atoms with van der Waals surface area (Å²) in [6, 6.07) is 7.86. The van der Waals surface area contributed by atoms with Gasteiger partial charge in [0, 0.05) is 12.3 Å². The van der Waals surface area contributed by atoms with Gasteiger partial charge in [0.25, 0.3) is 0 Å². The predicted octanol–water partition coefficient (Wildman–Crippen LogP) is 1.11. The van der Waals surface area contributed by atoms with Gasteiger partial charge in [-0.15, -0.1) is 0 Å². The summed E-state index contributed by atoms with van der Waals surface area (Å²) in [5.74, 6) is -0.359. The molecule has 0 aliphatic rings. The van der Waals surface area contributed by atoms with Crippen molar-refractivity contribution in [2.45, 2.75) is 6.54 Å². The van der Waals surface area contributed by atoms with Gasteiger partial charge in [0.15, 0.2) is 5.82 Å². The number of nitro groups is 1. The largest absolute Gasteiger partial charge is 0.495 e. The first-order valence-electron chi connectivity index (χ1n) is 8.70. The number of rotatable bonds is 7. The third-order valence-corrected chi connectivity index (χ3v) is 4.05. The fraction of sp³-hybridized carbons (Fsp3) is 0.167. The van der Waals surface area contributed by atoms with Gasteiger partial charge in [-0.25, -0.2) is 4.79 Å². The number of aromatic nitrogens is 4. The van der Waals surface area contributed by atoms with Crippen LogP contribution < -0.4 is 21.3 Å². The van der Waals surface area contributed by atoms with E-state index in [9.17, 15) is 19.7 Å². The topological polar surface area (TPSA) is 177 Å². The van der Waals surface area contributed by atoms with Gasteiger partial charge >= 0.3 is 17.2 Å². The number of para-hydroxylation sites is 2. The Bertz CT molecular complexity index is 1210. The van der Waals surface area contributed by atoms with E-state index in [2.05, 4.69) is 25.0 Å². The van der Waals surface area contributed by atoms with E-state index in [0.29, 0.717) is 11.4 Å². The summed E-state index contributed by atoms with van der Waals surface area (Å²) in [5, 5.41) is 14.2. The van der Waals surface area contributed by atoms with E-state index < -0.39 is 22.1 Å². The number of carbonyl (C=O) groups is 1. The number of methoxy groups -OCH3 is 2. The van der Waals surface area contributed by atoms with E-state index in [1.165, 1.54) is 7.11 Å². The van der Waals surface area contributed by atoms with Gasteiger partial charge in [0.1, 0.15) is 5.75 Å². The van der Waals surface area contributed by atoms with Gasteiger partial charge in [0.2, 0.25) is 11.9 Å². The molecule has 0 bridgehead atoms. The van der Waals surface area contributed by atoms with Gasteiger partial charge in [-0.05, 0) is 12.1 Å². The van der Waals surface area contributed by atoms with Crippen LogP contribution in [-0.4, -0.2) is 44.6 Å². The molecule has 3 N–H and O–H groups in total. The maximum atomic E-state index is 12.5. The zero-order chi connectivity index (χ0) is 22.5. The van der Waals surface area contributed by atoms with Crippen LogP contribution >= 0.6 is 0 Å². The van der Waals surface area contributed by atoms with E-state index in [4.69, 9.17) is 10.5 Å². The van der Waals surface area contributed by atoms with Crippen LogP contribution in [0.5, 0.6) is 5.75 Å². The van der Waals surface area contributed by atoms with Crippen LogP contribution in [0.3, 0.4) is 0 Å². The van der Waals surface area contributed by atoms with Crippen LogP contribution in [0.1, 0.15) is 16.2 Å². The molecule has 0 spiro atoms. The molecule has 0 aliphatic heterocycles. The summed E-state index contributed by atoms with van der Waals surface area (Å²) in [4.78, 5) is 46.8. The molecule has 0 radical (unpaired) electrons. The Morgan fingerprint density at radius 2 is 2.00 bits per heavy atom. The van der Waals surface area contributed by atoms with Crippen LogP contribution in [0.2, 0.25) is 0 Å². The minimum atomic E-state index is -0.948. The zero-order valence-electron chi connectivity index (χ0n) is 16.4. The molecule has 3 rings (SSSR count). The Hall–Kier alpha value is -4.55. The maximum absolute atomic E-state index is 12.5. The molecule has 0 fully saturated rings. The lowest BCUT2D eigenvalue weighted by molar-refractivity contribution is -0.386. The summed E-state index contributed by atoms with van der Waals surface area (Å²) in [7, 11) is 2.62. The lowest BCUT2D eigenvalue weighted by atomic mass is 10.2. The molecular weight excluding hydrogens is 410 g/mol. The number of pyridine rings is 1. The molecule has 0 saturated heterocycles. The molecule has 0 unspecified atom stereocenters. The number of nitrogen functional groups attached to an aromatic ring is 1. The highest BCUT2D eigenvalue weighted by Crippen LogP contribution is 2.25. The molecule has 2 aromatic heterocycles. The van der Waals surface area contributed by atoms with Gasteiger partial charge in [-0.3, -0.25) is 14.9 Å². The van der Waals surface area contributed by atoms with Crippen LogP contribution in [0.25, 0.3) is 0 Å². The summed E-state index contributed by atoms with van der Waals surface area (Å²) >= 11 is 0. The second-order valence-electron chi connectivity index (χ2n) is 6.05. The van der Waals surface area contributed by atoms with Gasteiger partial charge in [-0.1, -0.05) is 12.1 Å². The van der Waals surface area contributed by atoms with Gasteiger partial charge < -0.3 is 25.1 Å². The smallest absolute Gasteiger partial charge is 0.339 e. The molecule has 13 nitrogen and oxygen atoms in total. The molecule has 0 amide bonds. The van der Waals surface area contributed by atoms with E-state index in [0.717, 1.165) is 23.9 Å². The normalized spacial score (nSPS) is 10.4. The molecular formula is C18H17N7O6. The van der Waals surface area contributed by atoms with Crippen molar-refractivity contribution in [2.75, 3.05) is 25.3 Å². The van der Waals surface area contributed by atoms with E-state index >= 15 is 0 Å². The lowest BCUT2D eigenvalue weighted by Crippen LogP contribution is -2.25. The number of nitrogens with one attached hydrogen (secondary N) is 1. The van der Waals surface area contributed by atoms with E-state index in [1.807, 2.05) is 0 Å². The third kappa shape index (κ3) is 4.72. The number of esters is 1. The molecule has 0 saturated carbocycles. The quantitative estimate of drug-likeness (QED) is 0.313. The minimum absolute atomic E-state index is 0.0308. The minimum Gasteiger partial charge on any atom is -0.495 e. The molecule has 1 aromatic carbocycles. The van der Waals surface area contributed by atoms with Crippen LogP contribution in [0, 0.1) is 10.1 Å². The van der Waals surface area contributed by atoms with E-state index in [1.54, 1.807) is 24.3 Å². The Balaban J connectivity index is 1.99. The lowest BCUT2D eigenvalue weighted by Gasteiger charge is -2.11. The molecule has 2 heterocycles. The third-order valence-electron chi connectivity index (χ3n) is 4.05. The number of hydrogen-bond acceptors (Lipinski definition) is 11. The van der Waals surface area contributed by atoms with Crippen molar-refractivity contribution in [1.29, 1.82) is 0 Å². The number of carbonyl (C=O) groups excluding carboxylic acids is 1. The highest BCUT2D eigenvalue weighted by molar-refractivity contribution is 5.89. The maximum Gasteiger partial charge on any atom is 0.339 e. The molecule has 13 heteroatoms. The van der Waals surface area contributed by atoms with Crippen molar-refractivity contribution in [3.8, 4) is 5.75 Å². The Kier molecular flexibility index (Phi) is 6.05. The van der Waals surface area contributed by atoms with Crippen molar-refractivity contribution >= 4 is 29.2 Å². The first-order valence-corrected chi connectivity index (χ1v) is 8.70. The van der Waals surface area contributed by atoms with Crippen LogP contribution in [-0.2, 0) is 11.3 Å². The van der Waals surface area contributed by atoms with Gasteiger partial charge in [0.05, 0.1) is 36.9 Å². The molecule has 160 valence electrons. The van der Waals surface area contributed by atoms with Gasteiger partial charge in [-0.2, -0.15) is 15.0 Å². The van der Waals surface area contributed by atoms with Crippen molar-refractivity contribution < 1.29 is 19.2 Å². The van der Waals surface area contributed by atoms with Crippen molar-refractivity contribution in [2.24, 2.45) is 0 Å². The number of nitrogens with zero attached hydrogens (tertiary/aromatic N) is 5. The Labute approximate surface area is 174 Å². The molecule has 31 heavy (non-hydrogen) atoms. The van der Waals surface area contributed by atoms with Crippen molar-refractivity contribution in [3.63, 3.8) is 0 Å². The highest BCUT2D eigenvalue weighted by atomic mass is 16.6. The Morgan fingerprint density at radius 3 is 2.68 bits per heavy atom. The number of nitrogens with two attached hydrogens (primary N) is 1. The summed E-state index contributed by atoms with van der Waals surface area (Å²) in [6.07, 6.45) is 1.12. The first kappa shape index (κ1) is 21.2. The first-order chi connectivity index (χ1) is 14.8. The fourth-order valence-electron chi connectivity index (χ4n) is 2.68.